The summed E-state index contributed by atoms with van der Waals surface area (Å²) in [7, 11) is 0. The molecule has 2 heterocycles. The summed E-state index contributed by atoms with van der Waals surface area (Å²) in [5.41, 5.74) is 3.51. The van der Waals surface area contributed by atoms with Crippen molar-refractivity contribution >= 4 is 17.1 Å². The van der Waals surface area contributed by atoms with Gasteiger partial charge >= 0.3 is 0 Å². The zero-order valence-corrected chi connectivity index (χ0v) is 13.9. The van der Waals surface area contributed by atoms with Gasteiger partial charge in [-0.1, -0.05) is 23.7 Å². The predicted molar refractivity (Wildman–Crippen MR) is 97.0 cm³/mol. The Balaban J connectivity index is 1.72. The Hall–Kier alpha value is -3.14. The highest BCUT2D eigenvalue weighted by atomic mass is 32.1. The van der Waals surface area contributed by atoms with Crippen LogP contribution in [0.4, 0.5) is 0 Å². The molecule has 114 valence electrons. The number of thiophene rings is 1. The molecule has 24 heavy (non-hydrogen) atoms. The Kier molecular flexibility index (Phi) is 4.87. The molecule has 0 radical (unpaired) electrons. The fraction of sp³-hybridized carbons (Fsp3) is 0.0476. The summed E-state index contributed by atoms with van der Waals surface area (Å²) in [4.78, 5) is 16.1. The van der Waals surface area contributed by atoms with Crippen molar-refractivity contribution in [1.82, 2.24) is 4.98 Å². The smallest absolute Gasteiger partial charge is 0.160 e. The van der Waals surface area contributed by atoms with Crippen molar-refractivity contribution in [2.45, 2.75) is 6.92 Å². The van der Waals surface area contributed by atoms with E-state index in [0.29, 0.717) is 5.56 Å². The van der Waals surface area contributed by atoms with Gasteiger partial charge in [-0.3, -0.25) is 9.78 Å². The molecule has 0 aliphatic rings. The van der Waals surface area contributed by atoms with Crippen LogP contribution < -0.4 is 0 Å². The first-order chi connectivity index (χ1) is 11.7. The summed E-state index contributed by atoms with van der Waals surface area (Å²) in [6, 6.07) is 13.4. The SMILES string of the molecule is CC(=O)c1csc(C#Cc2ccc(C#Cc3ccncc3)cc2)c1. The molecule has 3 aromatic rings. The lowest BCUT2D eigenvalue weighted by molar-refractivity contribution is 0.101. The van der Waals surface area contributed by atoms with E-state index in [0.717, 1.165) is 21.6 Å². The van der Waals surface area contributed by atoms with Crippen molar-refractivity contribution in [2.75, 3.05) is 0 Å². The van der Waals surface area contributed by atoms with Crippen molar-refractivity contribution in [2.24, 2.45) is 0 Å². The Labute approximate surface area is 145 Å². The molecule has 2 nitrogen and oxygen atoms in total. The lowest BCUT2D eigenvalue weighted by atomic mass is 10.1. The first-order valence-electron chi connectivity index (χ1n) is 7.34. The lowest BCUT2D eigenvalue weighted by Gasteiger charge is -1.92. The van der Waals surface area contributed by atoms with Crippen LogP contribution >= 0.6 is 11.3 Å². The van der Waals surface area contributed by atoms with Crippen LogP contribution in [0.5, 0.6) is 0 Å². The van der Waals surface area contributed by atoms with E-state index in [1.807, 2.05) is 47.8 Å². The quantitative estimate of drug-likeness (QED) is 0.496. The predicted octanol–water partition coefficient (Wildman–Crippen LogP) is 4.15. The first kappa shape index (κ1) is 15.7. The summed E-state index contributed by atoms with van der Waals surface area (Å²) in [5.74, 6) is 12.5. The fourth-order valence-electron chi connectivity index (χ4n) is 1.94. The third-order valence-corrected chi connectivity index (χ3v) is 4.10. The Morgan fingerprint density at radius 3 is 1.96 bits per heavy atom. The Morgan fingerprint density at radius 2 is 1.42 bits per heavy atom. The van der Waals surface area contributed by atoms with Gasteiger partial charge in [0.15, 0.2) is 5.78 Å². The van der Waals surface area contributed by atoms with Gasteiger partial charge in [0, 0.05) is 40.0 Å². The van der Waals surface area contributed by atoms with Crippen LogP contribution in [0.1, 0.15) is 38.8 Å². The molecule has 1 aromatic carbocycles. The van der Waals surface area contributed by atoms with E-state index in [-0.39, 0.29) is 5.78 Å². The van der Waals surface area contributed by atoms with Crippen molar-refractivity contribution in [1.29, 1.82) is 0 Å². The Morgan fingerprint density at radius 1 is 0.875 bits per heavy atom. The summed E-state index contributed by atoms with van der Waals surface area (Å²) in [6.07, 6.45) is 3.45. The van der Waals surface area contributed by atoms with E-state index in [1.54, 1.807) is 19.3 Å². The normalized spacial score (nSPS) is 9.38. The van der Waals surface area contributed by atoms with Gasteiger partial charge in [-0.05, 0) is 49.4 Å². The van der Waals surface area contributed by atoms with Gasteiger partial charge in [-0.2, -0.15) is 0 Å². The second kappa shape index (κ2) is 7.42. The number of ketones is 1. The minimum Gasteiger partial charge on any atom is -0.294 e. The van der Waals surface area contributed by atoms with Crippen LogP contribution in [0.3, 0.4) is 0 Å². The van der Waals surface area contributed by atoms with E-state index in [1.165, 1.54) is 11.3 Å². The molecule has 0 amide bonds. The van der Waals surface area contributed by atoms with Crippen LogP contribution in [-0.4, -0.2) is 10.8 Å². The maximum Gasteiger partial charge on any atom is 0.160 e. The van der Waals surface area contributed by atoms with Crippen LogP contribution in [0.25, 0.3) is 0 Å². The standard InChI is InChI=1S/C21H13NOS/c1-16(23)20-14-21(24-15-20)9-8-18-4-2-17(3-5-18)6-7-19-10-12-22-13-11-19/h2-5,10-15H,1H3. The third kappa shape index (κ3) is 4.20. The average Bonchev–Trinajstić information content (AvgIpc) is 3.09. The number of hydrogen-bond donors (Lipinski definition) is 0. The molecule has 0 N–H and O–H groups in total. The molecule has 0 saturated carbocycles. The number of pyridine rings is 1. The summed E-state index contributed by atoms with van der Waals surface area (Å²) >= 11 is 1.48. The molecule has 0 aliphatic heterocycles. The summed E-state index contributed by atoms with van der Waals surface area (Å²) < 4.78 is 0. The fourth-order valence-corrected chi connectivity index (χ4v) is 2.73. The number of carbonyl (C=O) groups is 1. The lowest BCUT2D eigenvalue weighted by Crippen LogP contribution is -1.85. The molecule has 0 fully saturated rings. The number of Topliss-reactive ketones (excluding diaryl/α,β-unsaturated/α-hetero) is 1. The van der Waals surface area contributed by atoms with E-state index in [2.05, 4.69) is 28.7 Å². The van der Waals surface area contributed by atoms with Crippen molar-refractivity contribution in [3.63, 3.8) is 0 Å². The van der Waals surface area contributed by atoms with Crippen LogP contribution in [-0.2, 0) is 0 Å². The van der Waals surface area contributed by atoms with Gasteiger partial charge in [0.05, 0.1) is 4.88 Å². The zero-order chi connectivity index (χ0) is 16.8. The minimum absolute atomic E-state index is 0.0661. The first-order valence-corrected chi connectivity index (χ1v) is 8.22. The van der Waals surface area contributed by atoms with Gasteiger partial charge in [-0.25, -0.2) is 0 Å². The van der Waals surface area contributed by atoms with Gasteiger partial charge in [0.1, 0.15) is 0 Å². The van der Waals surface area contributed by atoms with Gasteiger partial charge in [0.25, 0.3) is 0 Å². The van der Waals surface area contributed by atoms with Crippen molar-refractivity contribution in [3.05, 3.63) is 87.4 Å². The molecule has 0 unspecified atom stereocenters. The van der Waals surface area contributed by atoms with Crippen molar-refractivity contribution in [3.8, 4) is 23.7 Å². The van der Waals surface area contributed by atoms with E-state index in [4.69, 9.17) is 0 Å². The monoisotopic (exact) mass is 327 g/mol. The highest BCUT2D eigenvalue weighted by Gasteiger charge is 2.01. The molecule has 0 bridgehead atoms. The van der Waals surface area contributed by atoms with Crippen molar-refractivity contribution < 1.29 is 4.79 Å². The molecule has 2 aromatic heterocycles. The van der Waals surface area contributed by atoms with Crippen LogP contribution in [0.2, 0.25) is 0 Å². The van der Waals surface area contributed by atoms with Crippen LogP contribution in [0, 0.1) is 23.7 Å². The number of hydrogen-bond acceptors (Lipinski definition) is 3. The number of nitrogens with zero attached hydrogens (tertiary/aromatic N) is 1. The number of aromatic nitrogens is 1. The molecule has 3 rings (SSSR count). The third-order valence-electron chi connectivity index (χ3n) is 3.25. The van der Waals surface area contributed by atoms with Gasteiger partial charge in [0.2, 0.25) is 0 Å². The molecule has 0 atom stereocenters. The molecular weight excluding hydrogens is 314 g/mol. The van der Waals surface area contributed by atoms with Gasteiger partial charge < -0.3 is 0 Å². The van der Waals surface area contributed by atoms with E-state index < -0.39 is 0 Å². The molecule has 0 aliphatic carbocycles. The topological polar surface area (TPSA) is 30.0 Å². The second-order valence-electron chi connectivity index (χ2n) is 5.07. The Bertz CT molecular complexity index is 977. The molecule has 0 saturated heterocycles. The summed E-state index contributed by atoms with van der Waals surface area (Å²) in [6.45, 7) is 1.56. The maximum absolute atomic E-state index is 11.3. The van der Waals surface area contributed by atoms with Gasteiger partial charge in [-0.15, -0.1) is 11.3 Å². The molecule has 0 spiro atoms. The number of carbonyl (C=O) groups excluding carboxylic acids is 1. The number of benzene rings is 1. The van der Waals surface area contributed by atoms with E-state index in [9.17, 15) is 4.79 Å². The van der Waals surface area contributed by atoms with Crippen LogP contribution in [0.15, 0.2) is 60.2 Å². The highest BCUT2D eigenvalue weighted by Crippen LogP contribution is 2.14. The minimum atomic E-state index is 0.0661. The molecular formula is C21H13NOS. The second-order valence-corrected chi connectivity index (χ2v) is 5.98. The average molecular weight is 327 g/mol. The highest BCUT2D eigenvalue weighted by molar-refractivity contribution is 7.10. The zero-order valence-electron chi connectivity index (χ0n) is 13.0. The van der Waals surface area contributed by atoms with E-state index >= 15 is 0 Å². The number of rotatable bonds is 1. The summed E-state index contributed by atoms with van der Waals surface area (Å²) in [5, 5.41) is 1.84. The maximum atomic E-state index is 11.3. The largest absolute Gasteiger partial charge is 0.294 e. The molecule has 3 heteroatoms.